The first-order valence-corrected chi connectivity index (χ1v) is 7.42. The Morgan fingerprint density at radius 2 is 2.12 bits per heavy atom. The van der Waals surface area contributed by atoms with E-state index in [1.54, 1.807) is 12.5 Å². The Bertz CT molecular complexity index is 817. The number of nitrogens with one attached hydrogen (secondary N) is 1. The molecule has 24 heavy (non-hydrogen) atoms. The van der Waals surface area contributed by atoms with Crippen LogP contribution in [-0.4, -0.2) is 32.5 Å². The van der Waals surface area contributed by atoms with Gasteiger partial charge in [0.2, 0.25) is 5.88 Å². The number of aromatic nitrogens is 4. The van der Waals surface area contributed by atoms with Crippen LogP contribution in [0.4, 0.5) is 0 Å². The fourth-order valence-corrected chi connectivity index (χ4v) is 2.26. The van der Waals surface area contributed by atoms with Crippen LogP contribution in [0.15, 0.2) is 55.4 Å². The lowest BCUT2D eigenvalue weighted by atomic mass is 10.1. The van der Waals surface area contributed by atoms with Crippen molar-refractivity contribution in [3.8, 4) is 5.88 Å². The van der Waals surface area contributed by atoms with E-state index in [0.717, 1.165) is 17.7 Å². The minimum Gasteiger partial charge on any atom is -0.480 e. The summed E-state index contributed by atoms with van der Waals surface area (Å²) in [6.45, 7) is 1.15. The molecule has 3 rings (SSSR count). The zero-order valence-corrected chi connectivity index (χ0v) is 13.2. The lowest BCUT2D eigenvalue weighted by molar-refractivity contribution is 0.0944. The molecule has 0 spiro atoms. The maximum absolute atomic E-state index is 12.1. The second-order valence-electron chi connectivity index (χ2n) is 5.18. The van der Waals surface area contributed by atoms with Crippen LogP contribution in [-0.2, 0) is 13.1 Å². The molecule has 0 atom stereocenters. The van der Waals surface area contributed by atoms with Crippen LogP contribution in [0.3, 0.4) is 0 Å². The second-order valence-corrected chi connectivity index (χ2v) is 5.18. The summed E-state index contributed by atoms with van der Waals surface area (Å²) in [6, 6.07) is 8.03. The van der Waals surface area contributed by atoms with Crippen molar-refractivity contribution < 1.29 is 9.53 Å². The predicted octanol–water partition coefficient (Wildman–Crippen LogP) is 1.66. The van der Waals surface area contributed by atoms with Crippen LogP contribution in [0, 0.1) is 0 Å². The number of rotatable bonds is 6. The first-order chi connectivity index (χ1) is 11.7. The molecule has 7 heteroatoms. The van der Waals surface area contributed by atoms with E-state index in [1.165, 1.54) is 19.5 Å². The summed E-state index contributed by atoms with van der Waals surface area (Å²) in [7, 11) is 1.48. The molecule has 0 fully saturated rings. The summed E-state index contributed by atoms with van der Waals surface area (Å²) in [5.41, 5.74) is 2.38. The van der Waals surface area contributed by atoms with E-state index in [1.807, 2.05) is 29.0 Å². The molecule has 122 valence electrons. The highest BCUT2D eigenvalue weighted by atomic mass is 16.5. The first kappa shape index (κ1) is 15.7. The molecule has 0 aliphatic rings. The Labute approximate surface area is 139 Å². The van der Waals surface area contributed by atoms with Crippen LogP contribution in [0.25, 0.3) is 0 Å². The predicted molar refractivity (Wildman–Crippen MR) is 87.5 cm³/mol. The molecule has 2 aromatic heterocycles. The number of nitrogens with zero attached hydrogens (tertiary/aromatic N) is 4. The van der Waals surface area contributed by atoms with Gasteiger partial charge in [0, 0.05) is 25.5 Å². The summed E-state index contributed by atoms with van der Waals surface area (Å²) in [5.74, 6) is 0.0198. The van der Waals surface area contributed by atoms with Crippen LogP contribution in [0.1, 0.15) is 21.6 Å². The average Bonchev–Trinajstić information content (AvgIpc) is 3.13. The zero-order chi connectivity index (χ0) is 16.8. The van der Waals surface area contributed by atoms with Gasteiger partial charge in [-0.05, 0) is 11.1 Å². The molecule has 0 unspecified atom stereocenters. The lowest BCUT2D eigenvalue weighted by Crippen LogP contribution is -2.24. The van der Waals surface area contributed by atoms with Crippen molar-refractivity contribution in [3.05, 3.63) is 72.2 Å². The van der Waals surface area contributed by atoms with Crippen LogP contribution >= 0.6 is 0 Å². The van der Waals surface area contributed by atoms with Crippen molar-refractivity contribution >= 4 is 5.91 Å². The maximum Gasteiger partial charge on any atom is 0.271 e. The van der Waals surface area contributed by atoms with E-state index in [4.69, 9.17) is 4.74 Å². The summed E-state index contributed by atoms with van der Waals surface area (Å²) >= 11 is 0. The van der Waals surface area contributed by atoms with Gasteiger partial charge in [-0.2, -0.15) is 0 Å². The van der Waals surface area contributed by atoms with Crippen molar-refractivity contribution in [2.45, 2.75) is 13.1 Å². The van der Waals surface area contributed by atoms with E-state index >= 15 is 0 Å². The van der Waals surface area contributed by atoms with Gasteiger partial charge in [-0.25, -0.2) is 9.97 Å². The Balaban J connectivity index is 1.62. The second kappa shape index (κ2) is 7.36. The van der Waals surface area contributed by atoms with Crippen LogP contribution in [0.5, 0.6) is 5.88 Å². The Morgan fingerprint density at radius 3 is 2.92 bits per heavy atom. The van der Waals surface area contributed by atoms with Crippen molar-refractivity contribution in [2.75, 3.05) is 7.11 Å². The van der Waals surface area contributed by atoms with Gasteiger partial charge < -0.3 is 14.6 Å². The van der Waals surface area contributed by atoms with Crippen LogP contribution < -0.4 is 10.1 Å². The lowest BCUT2D eigenvalue weighted by Gasteiger charge is -2.08. The average molecular weight is 323 g/mol. The minimum absolute atomic E-state index is 0.226. The van der Waals surface area contributed by atoms with Gasteiger partial charge in [-0.3, -0.25) is 9.78 Å². The van der Waals surface area contributed by atoms with E-state index in [9.17, 15) is 4.79 Å². The SMILES string of the molecule is COc1cncc(C(=O)NCc2cccc(Cn3ccnc3)c2)n1. The molecule has 1 amide bonds. The smallest absolute Gasteiger partial charge is 0.271 e. The molecule has 0 saturated carbocycles. The van der Waals surface area contributed by atoms with Gasteiger partial charge in [0.15, 0.2) is 0 Å². The summed E-state index contributed by atoms with van der Waals surface area (Å²) < 4.78 is 6.96. The standard InChI is InChI=1S/C17H17N5O2/c1-24-16-10-19-9-15(21-16)17(23)20-8-13-3-2-4-14(7-13)11-22-6-5-18-12-22/h2-7,9-10,12H,8,11H2,1H3,(H,20,23). The van der Waals surface area contributed by atoms with E-state index in [0.29, 0.717) is 12.4 Å². The zero-order valence-electron chi connectivity index (χ0n) is 13.2. The first-order valence-electron chi connectivity index (χ1n) is 7.42. The van der Waals surface area contributed by atoms with Gasteiger partial charge in [-0.15, -0.1) is 0 Å². The molecule has 0 saturated heterocycles. The number of imidazole rings is 1. The molecule has 1 aromatic carbocycles. The van der Waals surface area contributed by atoms with Crippen molar-refractivity contribution in [1.82, 2.24) is 24.8 Å². The topological polar surface area (TPSA) is 81.9 Å². The fraction of sp³-hybridized carbons (Fsp3) is 0.176. The highest BCUT2D eigenvalue weighted by Gasteiger charge is 2.09. The highest BCUT2D eigenvalue weighted by Crippen LogP contribution is 2.08. The number of ether oxygens (including phenoxy) is 1. The molecule has 1 N–H and O–H groups in total. The third kappa shape index (κ3) is 3.95. The fourth-order valence-electron chi connectivity index (χ4n) is 2.26. The Morgan fingerprint density at radius 1 is 1.25 bits per heavy atom. The molecule has 0 bridgehead atoms. The highest BCUT2D eigenvalue weighted by molar-refractivity contribution is 5.91. The summed E-state index contributed by atoms with van der Waals surface area (Å²) in [6.07, 6.45) is 8.30. The number of amides is 1. The van der Waals surface area contributed by atoms with E-state index in [-0.39, 0.29) is 11.6 Å². The molecule has 7 nitrogen and oxygen atoms in total. The van der Waals surface area contributed by atoms with E-state index < -0.39 is 0 Å². The van der Waals surface area contributed by atoms with Gasteiger partial charge >= 0.3 is 0 Å². The molecular formula is C17H17N5O2. The quantitative estimate of drug-likeness (QED) is 0.746. The Hall–Kier alpha value is -3.22. The van der Waals surface area contributed by atoms with Gasteiger partial charge in [0.1, 0.15) is 5.69 Å². The number of carbonyl (C=O) groups excluding carboxylic acids is 1. The third-order valence-electron chi connectivity index (χ3n) is 3.42. The van der Waals surface area contributed by atoms with Gasteiger partial charge in [0.05, 0.1) is 25.8 Å². The van der Waals surface area contributed by atoms with Gasteiger partial charge in [-0.1, -0.05) is 24.3 Å². The molecule has 0 radical (unpaired) electrons. The molecular weight excluding hydrogens is 306 g/mol. The molecule has 0 aliphatic heterocycles. The molecule has 2 heterocycles. The number of benzene rings is 1. The van der Waals surface area contributed by atoms with Crippen LogP contribution in [0.2, 0.25) is 0 Å². The third-order valence-corrected chi connectivity index (χ3v) is 3.42. The maximum atomic E-state index is 12.1. The number of methoxy groups -OCH3 is 1. The number of hydrogen-bond donors (Lipinski definition) is 1. The molecule has 3 aromatic rings. The summed E-state index contributed by atoms with van der Waals surface area (Å²) in [4.78, 5) is 24.2. The van der Waals surface area contributed by atoms with Crippen molar-refractivity contribution in [3.63, 3.8) is 0 Å². The number of carbonyl (C=O) groups is 1. The van der Waals surface area contributed by atoms with Gasteiger partial charge in [0.25, 0.3) is 5.91 Å². The minimum atomic E-state index is -0.290. The largest absolute Gasteiger partial charge is 0.480 e. The van der Waals surface area contributed by atoms with Crippen molar-refractivity contribution in [1.29, 1.82) is 0 Å². The van der Waals surface area contributed by atoms with E-state index in [2.05, 4.69) is 26.3 Å². The summed E-state index contributed by atoms with van der Waals surface area (Å²) in [5, 5.41) is 2.84. The Kier molecular flexibility index (Phi) is 4.81. The number of hydrogen-bond acceptors (Lipinski definition) is 5. The normalized spacial score (nSPS) is 10.4. The molecule has 0 aliphatic carbocycles. The monoisotopic (exact) mass is 323 g/mol. The van der Waals surface area contributed by atoms with Crippen molar-refractivity contribution in [2.24, 2.45) is 0 Å².